The molecule has 1 saturated heterocycles. The lowest BCUT2D eigenvalue weighted by molar-refractivity contribution is -0.120. The van der Waals surface area contributed by atoms with Gasteiger partial charge in [-0.2, -0.15) is 22.5 Å². The maximum atomic E-state index is 12.9. The van der Waals surface area contributed by atoms with Gasteiger partial charge in [-0.05, 0) is 50.5 Å². The smallest absolute Gasteiger partial charge is 0.280 e. The van der Waals surface area contributed by atoms with Gasteiger partial charge in [0.15, 0.2) is 0 Å². The molecule has 3 rings (SSSR count). The van der Waals surface area contributed by atoms with Crippen LogP contribution >= 0.6 is 0 Å². The normalized spacial score (nSPS) is 22.6. The van der Waals surface area contributed by atoms with Gasteiger partial charge in [-0.15, -0.1) is 0 Å². The molecule has 27 heavy (non-hydrogen) atoms. The molecular weight excluding hydrogens is 366 g/mol. The van der Waals surface area contributed by atoms with Gasteiger partial charge in [0, 0.05) is 31.5 Å². The Labute approximate surface area is 159 Å². The molecule has 0 bridgehead atoms. The van der Waals surface area contributed by atoms with E-state index in [0.29, 0.717) is 12.1 Å². The van der Waals surface area contributed by atoms with Gasteiger partial charge in [0.05, 0.1) is 11.7 Å². The van der Waals surface area contributed by atoms with E-state index in [-0.39, 0.29) is 5.91 Å². The number of aromatic nitrogens is 2. The maximum absolute atomic E-state index is 12.9. The second kappa shape index (κ2) is 7.06. The second-order valence-electron chi connectivity index (χ2n) is 7.07. The Balaban J connectivity index is 1.86. The fraction of sp³-hybridized carbons (Fsp3) is 0.444. The van der Waals surface area contributed by atoms with Crippen LogP contribution in [0.2, 0.25) is 0 Å². The third-order valence-corrected chi connectivity index (χ3v) is 6.67. The lowest BCUT2D eigenvalue weighted by Crippen LogP contribution is -2.56. The first-order valence-electron chi connectivity index (χ1n) is 8.72. The summed E-state index contributed by atoms with van der Waals surface area (Å²) in [6, 6.07) is 4.30. The zero-order chi connectivity index (χ0) is 19.9. The number of rotatable bonds is 3. The molecule has 2 N–H and O–H groups in total. The van der Waals surface area contributed by atoms with E-state index in [4.69, 9.17) is 0 Å². The molecule has 0 aliphatic carbocycles. The number of anilines is 1. The Kier molecular flexibility index (Phi) is 5.11. The molecule has 2 atom stereocenters. The van der Waals surface area contributed by atoms with Crippen molar-refractivity contribution >= 4 is 21.8 Å². The Morgan fingerprint density at radius 3 is 2.52 bits per heavy atom. The van der Waals surface area contributed by atoms with Crippen molar-refractivity contribution in [2.24, 2.45) is 7.05 Å². The third kappa shape index (κ3) is 3.90. The van der Waals surface area contributed by atoms with E-state index in [0.717, 1.165) is 26.7 Å². The van der Waals surface area contributed by atoms with E-state index in [9.17, 15) is 13.2 Å². The summed E-state index contributed by atoms with van der Waals surface area (Å²) in [5, 5.41) is 7.12. The fourth-order valence-corrected chi connectivity index (χ4v) is 4.58. The van der Waals surface area contributed by atoms with E-state index in [1.54, 1.807) is 17.9 Å². The summed E-state index contributed by atoms with van der Waals surface area (Å²) in [5.74, 6) is -0.350. The van der Waals surface area contributed by atoms with Crippen LogP contribution in [0.5, 0.6) is 0 Å². The first-order valence-corrected chi connectivity index (χ1v) is 10.2. The fourth-order valence-electron chi connectivity index (χ4n) is 3.32. The highest BCUT2D eigenvalue weighted by atomic mass is 32.2. The van der Waals surface area contributed by atoms with Gasteiger partial charge in [-0.25, -0.2) is 0 Å². The minimum atomic E-state index is -3.78. The molecule has 8 nitrogen and oxygen atoms in total. The van der Waals surface area contributed by atoms with Gasteiger partial charge in [0.1, 0.15) is 6.04 Å². The SMILES string of the molecule is Cc1ccc(NC(=O)[C@@H]2C[C@H](c3cn(C)nc3C)NS(=O)(=O)N2C)cc1C. The van der Waals surface area contributed by atoms with Crippen molar-refractivity contribution in [1.82, 2.24) is 18.8 Å². The molecule has 2 heterocycles. The van der Waals surface area contributed by atoms with Crippen molar-refractivity contribution < 1.29 is 13.2 Å². The standard InChI is InChI=1S/C18H25N5O3S/c1-11-6-7-14(8-12(11)2)19-18(24)17-9-16(21-27(25,26)23(17)5)15-10-22(4)20-13(15)3/h6-8,10,16-17,21H,9H2,1-5H3,(H,19,24)/t16-,17+/m1/s1. The summed E-state index contributed by atoms with van der Waals surface area (Å²) in [7, 11) is -0.585. The predicted molar refractivity (Wildman–Crippen MR) is 103 cm³/mol. The first kappa shape index (κ1) is 19.5. The summed E-state index contributed by atoms with van der Waals surface area (Å²) in [5.41, 5.74) is 4.35. The molecule has 146 valence electrons. The van der Waals surface area contributed by atoms with Crippen molar-refractivity contribution in [2.75, 3.05) is 12.4 Å². The van der Waals surface area contributed by atoms with Crippen molar-refractivity contribution in [2.45, 2.75) is 39.3 Å². The number of carbonyl (C=O) groups excluding carboxylic acids is 1. The van der Waals surface area contributed by atoms with Crippen molar-refractivity contribution in [3.63, 3.8) is 0 Å². The molecule has 1 aliphatic heterocycles. The van der Waals surface area contributed by atoms with Crippen LogP contribution in [0.15, 0.2) is 24.4 Å². The molecule has 1 aromatic carbocycles. The van der Waals surface area contributed by atoms with Crippen LogP contribution in [-0.4, -0.2) is 41.5 Å². The molecular formula is C18H25N5O3S. The number of likely N-dealkylation sites (N-methyl/N-ethyl adjacent to an activating group) is 1. The summed E-state index contributed by atoms with van der Waals surface area (Å²) in [6.07, 6.45) is 2.10. The number of nitrogens with one attached hydrogen (secondary N) is 2. The van der Waals surface area contributed by atoms with Gasteiger partial charge in [0.2, 0.25) is 5.91 Å². The quantitative estimate of drug-likeness (QED) is 0.830. The van der Waals surface area contributed by atoms with E-state index < -0.39 is 22.3 Å². The Hall–Kier alpha value is -2.23. The highest BCUT2D eigenvalue weighted by Gasteiger charge is 2.41. The van der Waals surface area contributed by atoms with Crippen LogP contribution in [-0.2, 0) is 22.1 Å². The number of carbonyl (C=O) groups is 1. The molecule has 1 fully saturated rings. The van der Waals surface area contributed by atoms with Gasteiger partial charge in [-0.1, -0.05) is 6.07 Å². The Morgan fingerprint density at radius 1 is 1.22 bits per heavy atom. The van der Waals surface area contributed by atoms with Gasteiger partial charge < -0.3 is 5.32 Å². The topological polar surface area (TPSA) is 96.3 Å². The minimum Gasteiger partial charge on any atom is -0.325 e. The zero-order valence-electron chi connectivity index (χ0n) is 16.1. The lowest BCUT2D eigenvalue weighted by atomic mass is 10.00. The summed E-state index contributed by atoms with van der Waals surface area (Å²) in [4.78, 5) is 12.9. The predicted octanol–water partition coefficient (Wildman–Crippen LogP) is 1.56. The van der Waals surface area contributed by atoms with Crippen LogP contribution in [0.3, 0.4) is 0 Å². The number of hydrogen-bond acceptors (Lipinski definition) is 4. The van der Waals surface area contributed by atoms with Crippen LogP contribution in [0.4, 0.5) is 5.69 Å². The monoisotopic (exact) mass is 391 g/mol. The number of benzene rings is 1. The van der Waals surface area contributed by atoms with Crippen LogP contribution in [0, 0.1) is 20.8 Å². The highest BCUT2D eigenvalue weighted by Crippen LogP contribution is 2.30. The van der Waals surface area contributed by atoms with Crippen LogP contribution in [0.1, 0.15) is 34.8 Å². The number of amides is 1. The number of hydrogen-bond donors (Lipinski definition) is 2. The molecule has 1 amide bonds. The Bertz CT molecular complexity index is 983. The summed E-state index contributed by atoms with van der Waals surface area (Å²) in [6.45, 7) is 5.79. The van der Waals surface area contributed by atoms with Crippen LogP contribution < -0.4 is 10.0 Å². The molecule has 2 aromatic rings. The average molecular weight is 391 g/mol. The molecule has 0 unspecified atom stereocenters. The lowest BCUT2D eigenvalue weighted by Gasteiger charge is -2.36. The average Bonchev–Trinajstić information content (AvgIpc) is 2.91. The molecule has 0 saturated carbocycles. The van der Waals surface area contributed by atoms with Crippen molar-refractivity contribution in [3.8, 4) is 0 Å². The molecule has 1 aliphatic rings. The van der Waals surface area contributed by atoms with E-state index in [1.807, 2.05) is 39.0 Å². The molecule has 0 radical (unpaired) electrons. The van der Waals surface area contributed by atoms with E-state index >= 15 is 0 Å². The largest absolute Gasteiger partial charge is 0.325 e. The van der Waals surface area contributed by atoms with Gasteiger partial charge >= 0.3 is 0 Å². The van der Waals surface area contributed by atoms with Gasteiger partial charge in [-0.3, -0.25) is 9.48 Å². The maximum Gasteiger partial charge on any atom is 0.280 e. The van der Waals surface area contributed by atoms with Crippen molar-refractivity contribution in [3.05, 3.63) is 46.8 Å². The number of nitrogens with zero attached hydrogens (tertiary/aromatic N) is 3. The van der Waals surface area contributed by atoms with E-state index in [1.165, 1.54) is 7.05 Å². The molecule has 0 spiro atoms. The summed E-state index contributed by atoms with van der Waals surface area (Å²) >= 11 is 0. The van der Waals surface area contributed by atoms with Crippen LogP contribution in [0.25, 0.3) is 0 Å². The second-order valence-corrected chi connectivity index (χ2v) is 8.84. The Morgan fingerprint density at radius 2 is 1.93 bits per heavy atom. The molecule has 9 heteroatoms. The number of aryl methyl sites for hydroxylation is 4. The third-order valence-electron chi connectivity index (χ3n) is 5.07. The summed E-state index contributed by atoms with van der Waals surface area (Å²) < 4.78 is 30.5. The minimum absolute atomic E-state index is 0.318. The van der Waals surface area contributed by atoms with Gasteiger partial charge in [0.25, 0.3) is 10.2 Å². The highest BCUT2D eigenvalue weighted by molar-refractivity contribution is 7.87. The zero-order valence-corrected chi connectivity index (χ0v) is 17.0. The molecule has 1 aromatic heterocycles. The van der Waals surface area contributed by atoms with Crippen molar-refractivity contribution in [1.29, 1.82) is 0 Å². The first-order chi connectivity index (χ1) is 12.6. The van der Waals surface area contributed by atoms with E-state index in [2.05, 4.69) is 15.1 Å².